The lowest BCUT2D eigenvalue weighted by molar-refractivity contribution is 0.388. The van der Waals surface area contributed by atoms with Crippen molar-refractivity contribution in [3.63, 3.8) is 0 Å². The molecule has 3 heteroatoms. The first-order valence-electron chi connectivity index (χ1n) is 7.52. The van der Waals surface area contributed by atoms with E-state index in [1.165, 1.54) is 22.9 Å². The summed E-state index contributed by atoms with van der Waals surface area (Å²) in [6.45, 7) is 7.53. The predicted molar refractivity (Wildman–Crippen MR) is 87.1 cm³/mol. The molecule has 0 radical (unpaired) electrons. The van der Waals surface area contributed by atoms with Crippen molar-refractivity contribution >= 4 is 10.9 Å². The van der Waals surface area contributed by atoms with Crippen LogP contribution in [0.2, 0.25) is 0 Å². The molecule has 1 aromatic heterocycles. The van der Waals surface area contributed by atoms with Crippen LogP contribution in [0.3, 0.4) is 0 Å². The fourth-order valence-electron chi connectivity index (χ4n) is 2.43. The highest BCUT2D eigenvalue weighted by molar-refractivity contribution is 5.80. The van der Waals surface area contributed by atoms with Gasteiger partial charge in [0, 0.05) is 30.8 Å². The number of benzene rings is 1. The van der Waals surface area contributed by atoms with Crippen molar-refractivity contribution in [1.82, 2.24) is 14.8 Å². The van der Waals surface area contributed by atoms with Crippen molar-refractivity contribution in [3.8, 4) is 0 Å². The number of hydrogen-bond donors (Lipinski definition) is 1. The summed E-state index contributed by atoms with van der Waals surface area (Å²) >= 11 is 0. The largest absolute Gasteiger partial charge is 0.347 e. The maximum absolute atomic E-state index is 3.47. The van der Waals surface area contributed by atoms with Gasteiger partial charge >= 0.3 is 0 Å². The van der Waals surface area contributed by atoms with Crippen molar-refractivity contribution in [2.45, 2.75) is 39.4 Å². The van der Waals surface area contributed by atoms with Gasteiger partial charge in [0.05, 0.1) is 0 Å². The van der Waals surface area contributed by atoms with Crippen LogP contribution in [0.5, 0.6) is 0 Å². The number of nitrogens with zero attached hydrogens (tertiary/aromatic N) is 2. The van der Waals surface area contributed by atoms with Gasteiger partial charge in [0.2, 0.25) is 0 Å². The molecule has 2 rings (SSSR count). The van der Waals surface area contributed by atoms with Gasteiger partial charge in [-0.15, -0.1) is 0 Å². The molecule has 0 fully saturated rings. The number of aryl methyl sites for hydroxylation is 1. The summed E-state index contributed by atoms with van der Waals surface area (Å²) in [7, 11) is 4.25. The molecule has 1 aromatic carbocycles. The van der Waals surface area contributed by atoms with Crippen LogP contribution in [0.25, 0.3) is 10.9 Å². The average molecular weight is 273 g/mol. The Kier molecular flexibility index (Phi) is 5.21. The van der Waals surface area contributed by atoms with Gasteiger partial charge in [-0.3, -0.25) is 0 Å². The van der Waals surface area contributed by atoms with E-state index in [0.29, 0.717) is 6.04 Å². The molecule has 0 aliphatic rings. The van der Waals surface area contributed by atoms with Crippen molar-refractivity contribution in [2.24, 2.45) is 0 Å². The first-order valence-corrected chi connectivity index (χ1v) is 7.52. The molecule has 0 aliphatic carbocycles. The minimum Gasteiger partial charge on any atom is -0.347 e. The quantitative estimate of drug-likeness (QED) is 0.836. The highest BCUT2D eigenvalue weighted by Gasteiger charge is 2.03. The summed E-state index contributed by atoms with van der Waals surface area (Å²) in [4.78, 5) is 2.24. The Bertz CT molecular complexity index is 540. The average Bonchev–Trinajstić information content (AvgIpc) is 2.79. The first-order chi connectivity index (χ1) is 9.56. The molecule has 0 saturated carbocycles. The van der Waals surface area contributed by atoms with Crippen LogP contribution in [0.15, 0.2) is 30.5 Å². The molecule has 0 saturated heterocycles. The monoisotopic (exact) mass is 273 g/mol. The van der Waals surface area contributed by atoms with E-state index >= 15 is 0 Å². The lowest BCUT2D eigenvalue weighted by atomic mass is 10.1. The Morgan fingerprint density at radius 2 is 2.00 bits per heavy atom. The maximum atomic E-state index is 3.47. The molecule has 0 spiro atoms. The fourth-order valence-corrected chi connectivity index (χ4v) is 2.43. The molecular weight excluding hydrogens is 246 g/mol. The number of rotatable bonds is 7. The van der Waals surface area contributed by atoms with E-state index < -0.39 is 0 Å². The molecule has 0 atom stereocenters. The van der Waals surface area contributed by atoms with Gasteiger partial charge in [-0.25, -0.2) is 0 Å². The number of nitrogens with one attached hydrogen (secondary N) is 1. The van der Waals surface area contributed by atoms with Crippen molar-refractivity contribution < 1.29 is 0 Å². The van der Waals surface area contributed by atoms with Crippen molar-refractivity contribution in [3.05, 3.63) is 36.0 Å². The van der Waals surface area contributed by atoms with Crippen LogP contribution in [0.4, 0.5) is 0 Å². The van der Waals surface area contributed by atoms with Gasteiger partial charge in [-0.05, 0) is 56.2 Å². The molecule has 0 unspecified atom stereocenters. The van der Waals surface area contributed by atoms with E-state index in [1.807, 2.05) is 0 Å². The van der Waals surface area contributed by atoms with Gasteiger partial charge in [-0.1, -0.05) is 19.9 Å². The van der Waals surface area contributed by atoms with E-state index in [0.717, 1.165) is 19.6 Å². The highest BCUT2D eigenvalue weighted by atomic mass is 15.1. The zero-order valence-electron chi connectivity index (χ0n) is 13.2. The summed E-state index contributed by atoms with van der Waals surface area (Å²) in [5.41, 5.74) is 2.70. The van der Waals surface area contributed by atoms with Crippen LogP contribution in [0.1, 0.15) is 25.8 Å². The third kappa shape index (κ3) is 4.09. The third-order valence-electron chi connectivity index (χ3n) is 3.55. The zero-order valence-corrected chi connectivity index (χ0v) is 13.2. The molecule has 0 amide bonds. The Labute approximate surface area is 122 Å². The molecule has 2 aromatic rings. The molecular formula is C17H27N3. The van der Waals surface area contributed by atoms with Gasteiger partial charge in [0.15, 0.2) is 0 Å². The molecule has 3 nitrogen and oxygen atoms in total. The van der Waals surface area contributed by atoms with E-state index in [-0.39, 0.29) is 0 Å². The van der Waals surface area contributed by atoms with E-state index in [2.05, 4.69) is 73.2 Å². The number of aromatic nitrogens is 1. The number of fused-ring (bicyclic) bond motifs is 1. The normalized spacial score (nSPS) is 11.9. The summed E-state index contributed by atoms with van der Waals surface area (Å²) in [6, 6.07) is 9.54. The Morgan fingerprint density at radius 1 is 1.20 bits per heavy atom. The standard InChI is InChI=1S/C17H27N3/c1-14(2)18-13-15-6-7-17-16(12-15)8-11-20(17)10-5-9-19(3)4/h6-8,11-12,14,18H,5,9-10,13H2,1-4H3. The SMILES string of the molecule is CC(C)NCc1ccc2c(ccn2CCCN(C)C)c1. The minimum atomic E-state index is 0.529. The molecule has 0 aliphatic heterocycles. The Balaban J connectivity index is 2.04. The summed E-state index contributed by atoms with van der Waals surface area (Å²) in [5, 5.41) is 4.81. The predicted octanol–water partition coefficient (Wildman–Crippen LogP) is 3.09. The Morgan fingerprint density at radius 3 is 2.70 bits per heavy atom. The lowest BCUT2D eigenvalue weighted by Gasteiger charge is -2.11. The van der Waals surface area contributed by atoms with Gasteiger partial charge in [0.25, 0.3) is 0 Å². The van der Waals surface area contributed by atoms with Crippen LogP contribution in [-0.2, 0) is 13.1 Å². The molecule has 110 valence electrons. The third-order valence-corrected chi connectivity index (χ3v) is 3.55. The summed E-state index contributed by atoms with van der Waals surface area (Å²) in [5.74, 6) is 0. The van der Waals surface area contributed by atoms with E-state index in [4.69, 9.17) is 0 Å². The molecule has 0 bridgehead atoms. The highest BCUT2D eigenvalue weighted by Crippen LogP contribution is 2.18. The van der Waals surface area contributed by atoms with Crippen molar-refractivity contribution in [1.29, 1.82) is 0 Å². The van der Waals surface area contributed by atoms with Gasteiger partial charge in [-0.2, -0.15) is 0 Å². The summed E-state index contributed by atoms with van der Waals surface area (Å²) in [6.07, 6.45) is 3.40. The lowest BCUT2D eigenvalue weighted by Crippen LogP contribution is -2.21. The Hall–Kier alpha value is -1.32. The molecule has 20 heavy (non-hydrogen) atoms. The van der Waals surface area contributed by atoms with Crippen molar-refractivity contribution in [2.75, 3.05) is 20.6 Å². The van der Waals surface area contributed by atoms with E-state index in [9.17, 15) is 0 Å². The molecule has 1 N–H and O–H groups in total. The second-order valence-electron chi connectivity index (χ2n) is 6.09. The first kappa shape index (κ1) is 15.1. The number of hydrogen-bond acceptors (Lipinski definition) is 2. The van der Waals surface area contributed by atoms with Gasteiger partial charge < -0.3 is 14.8 Å². The smallest absolute Gasteiger partial charge is 0.0480 e. The van der Waals surface area contributed by atoms with Crippen LogP contribution < -0.4 is 5.32 Å². The van der Waals surface area contributed by atoms with Crippen LogP contribution >= 0.6 is 0 Å². The zero-order chi connectivity index (χ0) is 14.5. The van der Waals surface area contributed by atoms with Crippen LogP contribution in [-0.4, -0.2) is 36.1 Å². The topological polar surface area (TPSA) is 20.2 Å². The van der Waals surface area contributed by atoms with Gasteiger partial charge in [0.1, 0.15) is 0 Å². The minimum absolute atomic E-state index is 0.529. The molecule has 1 heterocycles. The van der Waals surface area contributed by atoms with Crippen LogP contribution in [0, 0.1) is 0 Å². The second-order valence-corrected chi connectivity index (χ2v) is 6.09. The fraction of sp³-hybridized carbons (Fsp3) is 0.529. The van der Waals surface area contributed by atoms with E-state index in [1.54, 1.807) is 0 Å². The maximum Gasteiger partial charge on any atom is 0.0480 e. The summed E-state index contributed by atoms with van der Waals surface area (Å²) < 4.78 is 2.36. The second kappa shape index (κ2) is 6.91.